The summed E-state index contributed by atoms with van der Waals surface area (Å²) in [5, 5.41) is 15.6. The molecule has 4 N–H and O–H groups in total. The van der Waals surface area contributed by atoms with Crippen LogP contribution in [0.15, 0.2) is 12.2 Å². The third-order valence-electron chi connectivity index (χ3n) is 1.10. The van der Waals surface area contributed by atoms with Gasteiger partial charge < -0.3 is 10.2 Å². The predicted molar refractivity (Wildman–Crippen MR) is 45.0 cm³/mol. The lowest BCUT2D eigenvalue weighted by molar-refractivity contribution is -0.134. The molecule has 1 heterocycles. The maximum Gasteiger partial charge on any atom is 0.328 e. The van der Waals surface area contributed by atoms with E-state index in [2.05, 4.69) is 10.9 Å². The Morgan fingerprint density at radius 1 is 1.00 bits per heavy atom. The van der Waals surface area contributed by atoms with E-state index in [0.29, 0.717) is 12.2 Å². The van der Waals surface area contributed by atoms with Crippen molar-refractivity contribution < 1.29 is 19.8 Å². The normalized spacial score (nSPS) is 15.1. The lowest BCUT2D eigenvalue weighted by atomic mass is 10.5. The van der Waals surface area contributed by atoms with Gasteiger partial charge in [-0.15, -0.1) is 0 Å². The number of carboxylic acid groups (broad SMARTS) is 2. The fourth-order valence-corrected chi connectivity index (χ4v) is 0.585. The number of rotatable bonds is 2. The highest BCUT2D eigenvalue weighted by molar-refractivity contribution is 5.89. The minimum absolute atomic E-state index is 0.558. The van der Waals surface area contributed by atoms with E-state index in [1.54, 1.807) is 0 Å². The molecule has 6 heteroatoms. The Kier molecular flexibility index (Phi) is 6.48. The average Bonchev–Trinajstić information content (AvgIpc) is 2.57. The first kappa shape index (κ1) is 11.6. The Hall–Kier alpha value is -1.40. The second-order valence-electron chi connectivity index (χ2n) is 2.22. The van der Waals surface area contributed by atoms with Crippen LogP contribution < -0.4 is 10.9 Å². The zero-order valence-corrected chi connectivity index (χ0v) is 6.99. The van der Waals surface area contributed by atoms with Crippen molar-refractivity contribution in [3.05, 3.63) is 12.2 Å². The molecule has 0 aromatic heterocycles. The SMILES string of the molecule is C1CNNC1.O=C(O)/C=C\C(=O)O. The molecule has 1 aliphatic heterocycles. The van der Waals surface area contributed by atoms with E-state index in [1.807, 2.05) is 0 Å². The molecule has 1 fully saturated rings. The first-order valence-corrected chi connectivity index (χ1v) is 3.72. The van der Waals surface area contributed by atoms with Gasteiger partial charge in [0.2, 0.25) is 0 Å². The van der Waals surface area contributed by atoms with Crippen LogP contribution in [-0.4, -0.2) is 35.2 Å². The summed E-state index contributed by atoms with van der Waals surface area (Å²) in [7, 11) is 0. The molecule has 0 unspecified atom stereocenters. The average molecular weight is 188 g/mol. The van der Waals surface area contributed by atoms with Crippen LogP contribution in [0.4, 0.5) is 0 Å². The molecule has 0 amide bonds. The standard InChI is InChI=1S/C4H4O4.C3H8N2/c5-3(6)1-2-4(7)8;1-2-4-5-3-1/h1-2H,(H,5,6)(H,7,8);4-5H,1-3H2/b2-1-;. The van der Waals surface area contributed by atoms with E-state index < -0.39 is 11.9 Å². The number of aliphatic carboxylic acids is 2. The molecule has 0 aliphatic carbocycles. The van der Waals surface area contributed by atoms with Gasteiger partial charge in [0.15, 0.2) is 0 Å². The molecule has 6 nitrogen and oxygen atoms in total. The minimum Gasteiger partial charge on any atom is -0.478 e. The Morgan fingerprint density at radius 2 is 1.38 bits per heavy atom. The van der Waals surface area contributed by atoms with Crippen LogP contribution in [-0.2, 0) is 9.59 Å². The molecule has 1 aliphatic rings. The molecule has 1 rings (SSSR count). The van der Waals surface area contributed by atoms with Crippen LogP contribution in [0.25, 0.3) is 0 Å². The van der Waals surface area contributed by atoms with Gasteiger partial charge in [0.25, 0.3) is 0 Å². The molecule has 0 bridgehead atoms. The van der Waals surface area contributed by atoms with E-state index in [0.717, 1.165) is 13.1 Å². The molecule has 0 atom stereocenters. The fourth-order valence-electron chi connectivity index (χ4n) is 0.585. The molecule has 0 saturated carbocycles. The van der Waals surface area contributed by atoms with Crippen LogP contribution in [0, 0.1) is 0 Å². The molecular weight excluding hydrogens is 176 g/mol. The monoisotopic (exact) mass is 188 g/mol. The minimum atomic E-state index is -1.26. The summed E-state index contributed by atoms with van der Waals surface area (Å²) < 4.78 is 0. The van der Waals surface area contributed by atoms with E-state index in [-0.39, 0.29) is 0 Å². The number of carboxylic acids is 2. The number of nitrogens with one attached hydrogen (secondary N) is 2. The van der Waals surface area contributed by atoms with Gasteiger partial charge in [-0.3, -0.25) is 10.9 Å². The third-order valence-corrected chi connectivity index (χ3v) is 1.10. The summed E-state index contributed by atoms with van der Waals surface area (Å²) in [6, 6.07) is 0. The zero-order chi connectivity index (χ0) is 10.1. The van der Waals surface area contributed by atoms with E-state index in [1.165, 1.54) is 6.42 Å². The van der Waals surface area contributed by atoms with Crippen molar-refractivity contribution in [1.82, 2.24) is 10.9 Å². The third kappa shape index (κ3) is 10.6. The molecule has 0 spiro atoms. The van der Waals surface area contributed by atoms with Crippen molar-refractivity contribution in [3.8, 4) is 0 Å². The highest BCUT2D eigenvalue weighted by Crippen LogP contribution is 1.74. The van der Waals surface area contributed by atoms with Gasteiger partial charge in [0.05, 0.1) is 0 Å². The lowest BCUT2D eigenvalue weighted by Crippen LogP contribution is -2.21. The summed E-state index contributed by atoms with van der Waals surface area (Å²) >= 11 is 0. The van der Waals surface area contributed by atoms with Crippen LogP contribution in [0.1, 0.15) is 6.42 Å². The van der Waals surface area contributed by atoms with Crippen LogP contribution >= 0.6 is 0 Å². The number of carbonyl (C=O) groups is 2. The molecule has 74 valence electrons. The molecule has 13 heavy (non-hydrogen) atoms. The summed E-state index contributed by atoms with van der Waals surface area (Å²) in [5.41, 5.74) is 5.94. The summed E-state index contributed by atoms with van der Waals surface area (Å²) in [4.78, 5) is 19.1. The first-order valence-electron chi connectivity index (χ1n) is 3.72. The molecule has 0 aromatic carbocycles. The second-order valence-corrected chi connectivity index (χ2v) is 2.22. The van der Waals surface area contributed by atoms with Crippen LogP contribution in [0.2, 0.25) is 0 Å². The van der Waals surface area contributed by atoms with E-state index >= 15 is 0 Å². The topological polar surface area (TPSA) is 98.7 Å². The fraction of sp³-hybridized carbons (Fsp3) is 0.429. The van der Waals surface area contributed by atoms with Gasteiger partial charge >= 0.3 is 11.9 Å². The lowest BCUT2D eigenvalue weighted by Gasteiger charge is -1.81. The van der Waals surface area contributed by atoms with Crippen molar-refractivity contribution in [2.45, 2.75) is 6.42 Å². The highest BCUT2D eigenvalue weighted by atomic mass is 16.4. The Bertz CT molecular complexity index is 175. The van der Waals surface area contributed by atoms with Crippen molar-refractivity contribution in [1.29, 1.82) is 0 Å². The van der Waals surface area contributed by atoms with Crippen molar-refractivity contribution in [3.63, 3.8) is 0 Å². The van der Waals surface area contributed by atoms with Crippen molar-refractivity contribution in [2.75, 3.05) is 13.1 Å². The Balaban J connectivity index is 0.000000243. The molecule has 1 saturated heterocycles. The van der Waals surface area contributed by atoms with Gasteiger partial charge in [-0.25, -0.2) is 9.59 Å². The summed E-state index contributed by atoms with van der Waals surface area (Å²) in [5.74, 6) is -2.51. The van der Waals surface area contributed by atoms with Crippen LogP contribution in [0.5, 0.6) is 0 Å². The smallest absolute Gasteiger partial charge is 0.328 e. The molecular formula is C7H12N2O4. The van der Waals surface area contributed by atoms with E-state index in [4.69, 9.17) is 10.2 Å². The molecule has 0 radical (unpaired) electrons. The summed E-state index contributed by atoms with van der Waals surface area (Å²) in [6.45, 7) is 2.28. The predicted octanol–water partition coefficient (Wildman–Crippen LogP) is -0.804. The molecule has 0 aromatic rings. The van der Waals surface area contributed by atoms with Gasteiger partial charge in [-0.05, 0) is 6.42 Å². The van der Waals surface area contributed by atoms with E-state index in [9.17, 15) is 9.59 Å². The Morgan fingerprint density at radius 3 is 1.54 bits per heavy atom. The van der Waals surface area contributed by atoms with Gasteiger partial charge in [-0.2, -0.15) is 0 Å². The number of hydrogen-bond donors (Lipinski definition) is 4. The Labute approximate surface area is 75.2 Å². The first-order chi connectivity index (χ1) is 6.13. The second kappa shape index (κ2) is 7.26. The zero-order valence-electron chi connectivity index (χ0n) is 6.99. The maximum atomic E-state index is 9.55. The number of hydrazine groups is 1. The number of hydrogen-bond acceptors (Lipinski definition) is 4. The highest BCUT2D eigenvalue weighted by Gasteiger charge is 1.91. The quantitative estimate of drug-likeness (QED) is 0.423. The van der Waals surface area contributed by atoms with Gasteiger partial charge in [0, 0.05) is 25.2 Å². The van der Waals surface area contributed by atoms with Gasteiger partial charge in [-0.1, -0.05) is 0 Å². The van der Waals surface area contributed by atoms with Gasteiger partial charge in [0.1, 0.15) is 0 Å². The summed E-state index contributed by atoms with van der Waals surface area (Å²) in [6.07, 6.45) is 2.39. The maximum absolute atomic E-state index is 9.55. The van der Waals surface area contributed by atoms with Crippen molar-refractivity contribution >= 4 is 11.9 Å². The van der Waals surface area contributed by atoms with Crippen molar-refractivity contribution in [2.24, 2.45) is 0 Å². The largest absolute Gasteiger partial charge is 0.478 e. The van der Waals surface area contributed by atoms with Crippen LogP contribution in [0.3, 0.4) is 0 Å².